The summed E-state index contributed by atoms with van der Waals surface area (Å²) in [6.07, 6.45) is 0. The second-order valence-electron chi connectivity index (χ2n) is 10.8. The van der Waals surface area contributed by atoms with Crippen molar-refractivity contribution in [2.45, 2.75) is 21.6 Å². The molecule has 250 valence electrons. The second kappa shape index (κ2) is 11.9. The normalized spacial score (nSPS) is 13.0. The summed E-state index contributed by atoms with van der Waals surface area (Å²) in [6.45, 7) is 1.82. The van der Waals surface area contributed by atoms with Gasteiger partial charge in [0.1, 0.15) is 15.5 Å². The van der Waals surface area contributed by atoms with E-state index in [0.29, 0.717) is 39.0 Å². The predicted octanol–water partition coefficient (Wildman–Crippen LogP) is 7.31. The first-order chi connectivity index (χ1) is 22.9. The number of hydrogen-bond donors (Lipinski definition) is 5. The Balaban J connectivity index is 1.44. The molecule has 0 radical (unpaired) electrons. The number of rotatable bonds is 7. The molecule has 0 amide bonds. The van der Waals surface area contributed by atoms with Gasteiger partial charge in [-0.3, -0.25) is 13.7 Å². The van der Waals surface area contributed by atoms with E-state index in [1.165, 1.54) is 30.3 Å². The monoisotopic (exact) mass is 721 g/mol. The molecule has 0 aliphatic carbocycles. The number of aryl methyl sites for hydroxylation is 1. The number of nitrogens with two attached hydrogens (primary N) is 1. The molecule has 6 aromatic carbocycles. The summed E-state index contributed by atoms with van der Waals surface area (Å²) in [7, 11) is -14.5. The summed E-state index contributed by atoms with van der Waals surface area (Å²) in [6, 6.07) is 20.4. The molecule has 0 bridgehead atoms. The van der Waals surface area contributed by atoms with Crippen LogP contribution in [-0.2, 0) is 30.4 Å². The molecule has 6 rings (SSSR count). The van der Waals surface area contributed by atoms with Crippen molar-refractivity contribution in [1.29, 1.82) is 0 Å². The number of phenolic OH excluding ortho intramolecular Hbond substituents is 1. The van der Waals surface area contributed by atoms with Gasteiger partial charge in [0.2, 0.25) is 0 Å². The first kappa shape index (κ1) is 33.5. The van der Waals surface area contributed by atoms with Crippen LogP contribution in [0.2, 0.25) is 0 Å². The van der Waals surface area contributed by atoms with Crippen LogP contribution in [0.1, 0.15) is 5.56 Å². The van der Waals surface area contributed by atoms with Crippen molar-refractivity contribution in [3.8, 4) is 5.75 Å². The molecule has 0 saturated carbocycles. The van der Waals surface area contributed by atoms with E-state index in [-0.39, 0.29) is 16.0 Å². The average molecular weight is 722 g/mol. The van der Waals surface area contributed by atoms with Crippen molar-refractivity contribution in [2.24, 2.45) is 20.5 Å². The third kappa shape index (κ3) is 6.55. The summed E-state index contributed by atoms with van der Waals surface area (Å²) < 4.78 is 101. The molecule has 0 atom stereocenters. The van der Waals surface area contributed by atoms with Crippen LogP contribution in [0.25, 0.3) is 32.3 Å². The number of benzene rings is 6. The van der Waals surface area contributed by atoms with Crippen LogP contribution in [0.3, 0.4) is 0 Å². The van der Waals surface area contributed by atoms with Gasteiger partial charge in [-0.2, -0.15) is 30.4 Å². The fraction of sp³-hybridized carbons (Fsp3) is 0.0323. The minimum atomic E-state index is -5.14. The lowest BCUT2D eigenvalue weighted by molar-refractivity contribution is 0.471. The number of anilines is 1. The average Bonchev–Trinajstić information content (AvgIpc) is 3.01. The van der Waals surface area contributed by atoms with E-state index in [4.69, 9.17) is 5.73 Å². The Bertz CT molecular complexity index is 2790. The van der Waals surface area contributed by atoms with Crippen molar-refractivity contribution in [3.63, 3.8) is 0 Å². The van der Waals surface area contributed by atoms with Crippen LogP contribution in [0.15, 0.2) is 120 Å². The molecule has 0 saturated heterocycles. The highest BCUT2D eigenvalue weighted by Crippen LogP contribution is 2.45. The molecular weight excluding hydrogens is 699 g/mol. The Morgan fingerprint density at radius 1 is 0.571 bits per heavy atom. The molecular formula is C31H23N5O10S3. The summed E-state index contributed by atoms with van der Waals surface area (Å²) in [4.78, 5) is -2.10. The van der Waals surface area contributed by atoms with E-state index in [2.05, 4.69) is 20.5 Å². The van der Waals surface area contributed by atoms with Crippen LogP contribution in [-0.4, -0.2) is 44.0 Å². The zero-order chi connectivity index (χ0) is 35.5. The van der Waals surface area contributed by atoms with Crippen molar-refractivity contribution in [3.05, 3.63) is 90.5 Å². The van der Waals surface area contributed by atoms with Gasteiger partial charge in [0, 0.05) is 21.5 Å². The van der Waals surface area contributed by atoms with Crippen LogP contribution < -0.4 is 5.73 Å². The van der Waals surface area contributed by atoms with E-state index in [0.717, 1.165) is 11.6 Å². The molecule has 18 heteroatoms. The number of nitrogens with zero attached hydrogens (tertiary/aromatic N) is 4. The van der Waals surface area contributed by atoms with E-state index < -0.39 is 62.7 Å². The van der Waals surface area contributed by atoms with E-state index in [1.54, 1.807) is 36.4 Å². The Labute approximate surface area is 278 Å². The number of phenols is 1. The number of fused-ring (bicyclic) bond motifs is 3. The van der Waals surface area contributed by atoms with Crippen molar-refractivity contribution in [2.75, 3.05) is 5.73 Å². The van der Waals surface area contributed by atoms with Crippen molar-refractivity contribution >= 4 is 91.1 Å². The molecule has 0 unspecified atom stereocenters. The lowest BCUT2D eigenvalue weighted by Crippen LogP contribution is -2.06. The number of aromatic hydroxyl groups is 1. The number of hydrogen-bond acceptors (Lipinski definition) is 12. The third-order valence-electron chi connectivity index (χ3n) is 7.50. The minimum Gasteiger partial charge on any atom is -0.505 e. The standard InChI is InChI=1S/C31H23N5O10S3/c1-16-2-7-21-23(12-16)27(11-10-26(21)34-33-19-5-3-18-14-20(47(38,39)40)6-4-17(18)13-19)35-36-29-28(48(41,42)43)15-24-22(30(29)37)8-9-25(32)31(24)49(44,45)46/h2-15,37H,32H2,1H3,(H,38,39,40)(H,41,42,43)(H,44,45,46). The molecule has 0 aromatic heterocycles. The van der Waals surface area contributed by atoms with Gasteiger partial charge >= 0.3 is 0 Å². The zero-order valence-corrected chi connectivity index (χ0v) is 27.4. The van der Waals surface area contributed by atoms with Gasteiger partial charge in [0.25, 0.3) is 30.4 Å². The zero-order valence-electron chi connectivity index (χ0n) is 24.9. The van der Waals surface area contributed by atoms with Gasteiger partial charge in [-0.25, -0.2) is 0 Å². The molecule has 0 fully saturated rings. The first-order valence-corrected chi connectivity index (χ1v) is 18.1. The van der Waals surface area contributed by atoms with Gasteiger partial charge in [-0.1, -0.05) is 29.8 Å². The van der Waals surface area contributed by atoms with Crippen molar-refractivity contribution < 1.29 is 44.0 Å². The smallest absolute Gasteiger partial charge is 0.297 e. The largest absolute Gasteiger partial charge is 0.505 e. The highest BCUT2D eigenvalue weighted by Gasteiger charge is 2.27. The minimum absolute atomic E-state index is 0.203. The van der Waals surface area contributed by atoms with Gasteiger partial charge in [0.15, 0.2) is 5.75 Å². The fourth-order valence-corrected chi connectivity index (χ4v) is 7.22. The molecule has 6 aromatic rings. The van der Waals surface area contributed by atoms with Gasteiger partial charge < -0.3 is 10.8 Å². The summed E-state index contributed by atoms with van der Waals surface area (Å²) >= 11 is 0. The number of azo groups is 2. The molecule has 0 heterocycles. The fourth-order valence-electron chi connectivity index (χ4n) is 5.25. The Morgan fingerprint density at radius 3 is 1.88 bits per heavy atom. The highest BCUT2D eigenvalue weighted by atomic mass is 32.2. The number of nitrogen functional groups attached to an aromatic ring is 1. The summed E-state index contributed by atoms with van der Waals surface area (Å²) in [5.74, 6) is -0.853. The maximum Gasteiger partial charge on any atom is 0.297 e. The topological polar surface area (TPSA) is 259 Å². The van der Waals surface area contributed by atoms with Crippen LogP contribution in [0.5, 0.6) is 5.75 Å². The molecule has 0 aliphatic rings. The van der Waals surface area contributed by atoms with Crippen LogP contribution >= 0.6 is 0 Å². The Kier molecular flexibility index (Phi) is 8.18. The van der Waals surface area contributed by atoms with Gasteiger partial charge in [-0.05, 0) is 78.4 Å². The Hall–Kier alpha value is -5.37. The van der Waals surface area contributed by atoms with E-state index >= 15 is 0 Å². The lowest BCUT2D eigenvalue weighted by atomic mass is 10.0. The third-order valence-corrected chi connectivity index (χ3v) is 10.2. The second-order valence-corrected chi connectivity index (χ2v) is 15.0. The lowest BCUT2D eigenvalue weighted by Gasteiger charge is -2.12. The summed E-state index contributed by atoms with van der Waals surface area (Å²) in [5, 5.41) is 29.4. The molecule has 6 N–H and O–H groups in total. The van der Waals surface area contributed by atoms with Crippen molar-refractivity contribution in [1.82, 2.24) is 0 Å². The predicted molar refractivity (Wildman–Crippen MR) is 180 cm³/mol. The SMILES string of the molecule is Cc1ccc2c(N=Nc3ccc4cc(S(=O)(=O)O)ccc4c3)ccc(N=Nc3c(S(=O)(=O)O)cc4c(S(=O)(=O)O)c(N)ccc4c3O)c2c1. The van der Waals surface area contributed by atoms with E-state index in [9.17, 15) is 44.0 Å². The van der Waals surface area contributed by atoms with Gasteiger partial charge in [-0.15, -0.1) is 15.3 Å². The molecule has 0 aliphatic heterocycles. The first-order valence-electron chi connectivity index (χ1n) is 13.8. The maximum atomic E-state index is 12.4. The van der Waals surface area contributed by atoms with Gasteiger partial charge in [0.05, 0.1) is 27.6 Å². The van der Waals surface area contributed by atoms with Crippen LogP contribution in [0.4, 0.5) is 28.4 Å². The van der Waals surface area contributed by atoms with Crippen LogP contribution in [0, 0.1) is 6.92 Å². The Morgan fingerprint density at radius 2 is 1.20 bits per heavy atom. The highest BCUT2D eigenvalue weighted by molar-refractivity contribution is 7.86. The molecule has 0 spiro atoms. The van der Waals surface area contributed by atoms with E-state index in [1.807, 2.05) is 13.0 Å². The molecule has 15 nitrogen and oxygen atoms in total. The maximum absolute atomic E-state index is 12.4. The quantitative estimate of drug-likeness (QED) is 0.0620. The summed E-state index contributed by atoms with van der Waals surface area (Å²) in [5.41, 5.74) is 6.46. The molecule has 49 heavy (non-hydrogen) atoms.